The molecule has 1 saturated carbocycles. The van der Waals surface area contributed by atoms with E-state index >= 15 is 0 Å². The van der Waals surface area contributed by atoms with E-state index in [4.69, 9.17) is 0 Å². The molecule has 1 unspecified atom stereocenters. The van der Waals surface area contributed by atoms with Crippen molar-refractivity contribution in [2.24, 2.45) is 11.3 Å². The van der Waals surface area contributed by atoms with Crippen LogP contribution in [0.3, 0.4) is 0 Å². The highest BCUT2D eigenvalue weighted by Gasteiger charge is 2.31. The summed E-state index contributed by atoms with van der Waals surface area (Å²) in [6.07, 6.45) is 4.22. The monoisotopic (exact) mass is 245 g/mol. The van der Waals surface area contributed by atoms with Crippen LogP contribution in [0, 0.1) is 11.3 Å². The predicted molar refractivity (Wildman–Crippen MR) is 78.8 cm³/mol. The zero-order valence-corrected chi connectivity index (χ0v) is 12.1. The van der Waals surface area contributed by atoms with E-state index in [1.165, 1.54) is 31.4 Å². The van der Waals surface area contributed by atoms with Gasteiger partial charge in [-0.2, -0.15) is 0 Å². The van der Waals surface area contributed by atoms with Crippen LogP contribution in [0.1, 0.15) is 51.5 Å². The van der Waals surface area contributed by atoms with Crippen molar-refractivity contribution in [3.63, 3.8) is 0 Å². The Labute approximate surface area is 112 Å². The average molecular weight is 245 g/mol. The fraction of sp³-hybridized carbons (Fsp3) is 0.647. The molecule has 2 rings (SSSR count). The molecule has 0 saturated heterocycles. The quantitative estimate of drug-likeness (QED) is 0.792. The minimum Gasteiger partial charge on any atom is -0.316 e. The number of rotatable bonds is 6. The number of nitrogens with one attached hydrogen (secondary N) is 1. The van der Waals surface area contributed by atoms with E-state index in [-0.39, 0.29) is 0 Å². The zero-order chi connectivity index (χ0) is 13.0. The van der Waals surface area contributed by atoms with Crippen molar-refractivity contribution in [2.75, 3.05) is 13.1 Å². The molecule has 0 radical (unpaired) electrons. The SMILES string of the molecule is CC(C)C(CNCC1(C)CCC1)c1ccccc1. The van der Waals surface area contributed by atoms with Gasteiger partial charge in [-0.05, 0) is 35.7 Å². The molecule has 1 heteroatoms. The van der Waals surface area contributed by atoms with E-state index < -0.39 is 0 Å². The third-order valence-electron chi connectivity index (χ3n) is 4.51. The summed E-state index contributed by atoms with van der Waals surface area (Å²) in [5.74, 6) is 1.32. The van der Waals surface area contributed by atoms with Gasteiger partial charge in [0.25, 0.3) is 0 Å². The lowest BCUT2D eigenvalue weighted by Gasteiger charge is -2.39. The first-order valence-corrected chi connectivity index (χ1v) is 7.36. The van der Waals surface area contributed by atoms with E-state index in [1.807, 2.05) is 0 Å². The molecule has 0 amide bonds. The lowest BCUT2D eigenvalue weighted by Crippen LogP contribution is -2.39. The first-order valence-electron chi connectivity index (χ1n) is 7.36. The maximum absolute atomic E-state index is 3.71. The van der Waals surface area contributed by atoms with Crippen molar-refractivity contribution in [3.8, 4) is 0 Å². The fourth-order valence-electron chi connectivity index (χ4n) is 2.93. The molecule has 0 aromatic heterocycles. The van der Waals surface area contributed by atoms with Crippen LogP contribution in [0.15, 0.2) is 30.3 Å². The van der Waals surface area contributed by atoms with Gasteiger partial charge in [-0.1, -0.05) is 57.5 Å². The Morgan fingerprint density at radius 1 is 1.17 bits per heavy atom. The Morgan fingerprint density at radius 2 is 1.83 bits per heavy atom. The molecule has 100 valence electrons. The molecule has 1 atom stereocenters. The molecule has 0 aliphatic heterocycles. The molecule has 0 bridgehead atoms. The predicted octanol–water partition coefficient (Wildman–Crippen LogP) is 4.21. The molecular weight excluding hydrogens is 218 g/mol. The van der Waals surface area contributed by atoms with Crippen molar-refractivity contribution in [1.82, 2.24) is 5.32 Å². The van der Waals surface area contributed by atoms with E-state index in [0.717, 1.165) is 6.54 Å². The van der Waals surface area contributed by atoms with Gasteiger partial charge < -0.3 is 5.32 Å². The number of hydrogen-bond acceptors (Lipinski definition) is 1. The van der Waals surface area contributed by atoms with E-state index in [1.54, 1.807) is 0 Å². The molecule has 0 spiro atoms. The summed E-state index contributed by atoms with van der Waals surface area (Å²) >= 11 is 0. The van der Waals surface area contributed by atoms with Gasteiger partial charge in [-0.25, -0.2) is 0 Å². The summed E-state index contributed by atoms with van der Waals surface area (Å²) in [6, 6.07) is 10.9. The second-order valence-corrected chi connectivity index (χ2v) is 6.56. The average Bonchev–Trinajstić information content (AvgIpc) is 2.33. The first-order chi connectivity index (χ1) is 8.61. The first kappa shape index (κ1) is 13.6. The molecule has 18 heavy (non-hydrogen) atoms. The standard InChI is InChI=1S/C17H27N/c1-14(2)16(15-8-5-4-6-9-15)12-18-13-17(3)10-7-11-17/h4-6,8-9,14,16,18H,7,10-13H2,1-3H3. The van der Waals surface area contributed by atoms with Crippen LogP contribution < -0.4 is 5.32 Å². The van der Waals surface area contributed by atoms with Crippen LogP contribution in [-0.4, -0.2) is 13.1 Å². The lowest BCUT2D eigenvalue weighted by atomic mass is 9.70. The molecular formula is C17H27N. The summed E-state index contributed by atoms with van der Waals surface area (Å²) in [6.45, 7) is 9.35. The van der Waals surface area contributed by atoms with Gasteiger partial charge in [0, 0.05) is 13.1 Å². The Morgan fingerprint density at radius 3 is 2.33 bits per heavy atom. The molecule has 1 aromatic rings. The molecule has 1 aliphatic carbocycles. The molecule has 1 fully saturated rings. The highest BCUT2D eigenvalue weighted by atomic mass is 14.9. The van der Waals surface area contributed by atoms with Crippen molar-refractivity contribution >= 4 is 0 Å². The fourth-order valence-corrected chi connectivity index (χ4v) is 2.93. The molecule has 1 N–H and O–H groups in total. The summed E-state index contributed by atoms with van der Waals surface area (Å²) in [5, 5.41) is 3.71. The summed E-state index contributed by atoms with van der Waals surface area (Å²) in [4.78, 5) is 0. The van der Waals surface area contributed by atoms with E-state index in [9.17, 15) is 0 Å². The van der Waals surface area contributed by atoms with Crippen molar-refractivity contribution in [3.05, 3.63) is 35.9 Å². The summed E-state index contributed by atoms with van der Waals surface area (Å²) in [7, 11) is 0. The Bertz CT molecular complexity index is 351. The highest BCUT2D eigenvalue weighted by molar-refractivity contribution is 5.20. The lowest BCUT2D eigenvalue weighted by molar-refractivity contribution is 0.155. The van der Waals surface area contributed by atoms with Crippen molar-refractivity contribution in [2.45, 2.75) is 46.0 Å². The highest BCUT2D eigenvalue weighted by Crippen LogP contribution is 2.39. The summed E-state index contributed by atoms with van der Waals surface area (Å²) in [5.41, 5.74) is 2.05. The second-order valence-electron chi connectivity index (χ2n) is 6.56. The van der Waals surface area contributed by atoms with Gasteiger partial charge >= 0.3 is 0 Å². The molecule has 0 heterocycles. The van der Waals surface area contributed by atoms with Gasteiger partial charge in [-0.3, -0.25) is 0 Å². The van der Waals surface area contributed by atoms with Gasteiger partial charge in [0.2, 0.25) is 0 Å². The third kappa shape index (κ3) is 3.35. The molecule has 1 aromatic carbocycles. The topological polar surface area (TPSA) is 12.0 Å². The van der Waals surface area contributed by atoms with Crippen LogP contribution in [0.25, 0.3) is 0 Å². The molecule has 1 nitrogen and oxygen atoms in total. The smallest absolute Gasteiger partial charge is 0.00228 e. The van der Waals surface area contributed by atoms with Crippen LogP contribution in [-0.2, 0) is 0 Å². The van der Waals surface area contributed by atoms with Gasteiger partial charge in [0.15, 0.2) is 0 Å². The number of hydrogen-bond donors (Lipinski definition) is 1. The normalized spacial score (nSPS) is 19.6. The van der Waals surface area contributed by atoms with Crippen LogP contribution >= 0.6 is 0 Å². The van der Waals surface area contributed by atoms with Gasteiger partial charge in [0.1, 0.15) is 0 Å². The van der Waals surface area contributed by atoms with Crippen LogP contribution in [0.5, 0.6) is 0 Å². The maximum atomic E-state index is 3.71. The number of benzene rings is 1. The van der Waals surface area contributed by atoms with Gasteiger partial charge in [-0.15, -0.1) is 0 Å². The maximum Gasteiger partial charge on any atom is 0.00228 e. The Hall–Kier alpha value is -0.820. The van der Waals surface area contributed by atoms with E-state index in [0.29, 0.717) is 17.3 Å². The van der Waals surface area contributed by atoms with E-state index in [2.05, 4.69) is 56.4 Å². The zero-order valence-electron chi connectivity index (χ0n) is 12.1. The van der Waals surface area contributed by atoms with Crippen LogP contribution in [0.4, 0.5) is 0 Å². The van der Waals surface area contributed by atoms with Gasteiger partial charge in [0.05, 0.1) is 0 Å². The van der Waals surface area contributed by atoms with Crippen LogP contribution in [0.2, 0.25) is 0 Å². The Kier molecular flexibility index (Phi) is 4.45. The Balaban J connectivity index is 1.87. The van der Waals surface area contributed by atoms with Crippen molar-refractivity contribution < 1.29 is 0 Å². The minimum absolute atomic E-state index is 0.582. The summed E-state index contributed by atoms with van der Waals surface area (Å²) < 4.78 is 0. The third-order valence-corrected chi connectivity index (χ3v) is 4.51. The largest absolute Gasteiger partial charge is 0.316 e. The minimum atomic E-state index is 0.582. The second kappa shape index (κ2) is 5.88. The molecule has 1 aliphatic rings. The van der Waals surface area contributed by atoms with Crippen molar-refractivity contribution in [1.29, 1.82) is 0 Å².